The van der Waals surface area contributed by atoms with E-state index in [-0.39, 0.29) is 11.3 Å². The molecule has 1 aliphatic rings. The van der Waals surface area contributed by atoms with E-state index in [2.05, 4.69) is 15.2 Å². The number of benzene rings is 2. The van der Waals surface area contributed by atoms with Gasteiger partial charge in [-0.15, -0.1) is 0 Å². The summed E-state index contributed by atoms with van der Waals surface area (Å²) >= 11 is 0. The van der Waals surface area contributed by atoms with Gasteiger partial charge in [-0.1, -0.05) is 12.1 Å². The minimum Gasteiger partial charge on any atom is -0.504 e. The summed E-state index contributed by atoms with van der Waals surface area (Å²) in [6.45, 7) is 1.51. The lowest BCUT2D eigenvalue weighted by atomic mass is 9.98. The Balaban J connectivity index is 1.93. The smallest absolute Gasteiger partial charge is 0.229 e. The SMILES string of the molecule is CNC1CCCN(c2nc(OC)c(-c3ccc(OC)c(O)c3)c(-c3ccc(C#N)c(F)c3)n2)C1. The highest BCUT2D eigenvalue weighted by atomic mass is 19.1. The predicted molar refractivity (Wildman–Crippen MR) is 127 cm³/mol. The Morgan fingerprint density at radius 1 is 1.15 bits per heavy atom. The number of hydrogen-bond acceptors (Lipinski definition) is 8. The number of nitrogens with one attached hydrogen (secondary N) is 1. The lowest BCUT2D eigenvalue weighted by Gasteiger charge is -2.33. The fourth-order valence-electron chi connectivity index (χ4n) is 4.18. The number of phenolic OH excluding ortho intramolecular Hbond substituents is 1. The monoisotopic (exact) mass is 463 g/mol. The van der Waals surface area contributed by atoms with Crippen molar-refractivity contribution in [2.45, 2.75) is 18.9 Å². The van der Waals surface area contributed by atoms with Gasteiger partial charge in [0.1, 0.15) is 11.9 Å². The van der Waals surface area contributed by atoms with E-state index >= 15 is 0 Å². The van der Waals surface area contributed by atoms with Crippen LogP contribution in [0.2, 0.25) is 0 Å². The van der Waals surface area contributed by atoms with Crippen LogP contribution in [0.25, 0.3) is 22.4 Å². The second-order valence-corrected chi connectivity index (χ2v) is 8.02. The Bertz CT molecular complexity index is 1240. The molecule has 0 spiro atoms. The van der Waals surface area contributed by atoms with Crippen molar-refractivity contribution in [1.82, 2.24) is 15.3 Å². The average molecular weight is 464 g/mol. The van der Waals surface area contributed by atoms with Gasteiger partial charge in [0.2, 0.25) is 11.8 Å². The topological polar surface area (TPSA) is 104 Å². The number of nitrogens with zero attached hydrogens (tertiary/aromatic N) is 4. The standard InChI is InChI=1S/C25H26FN5O3/c1-28-18-5-4-10-31(14-18)25-29-23(16-6-7-17(13-27)19(26)11-16)22(24(30-25)34-3)15-8-9-21(33-2)20(32)12-15/h6-9,11-12,18,28,32H,4-5,10,14H2,1-3H3. The predicted octanol–water partition coefficient (Wildman–Crippen LogP) is 3.73. The van der Waals surface area contributed by atoms with Crippen LogP contribution in [0, 0.1) is 17.1 Å². The summed E-state index contributed by atoms with van der Waals surface area (Å²) < 4.78 is 25.4. The Hall–Kier alpha value is -3.90. The summed E-state index contributed by atoms with van der Waals surface area (Å²) in [5.74, 6) is 0.378. The average Bonchev–Trinajstić information content (AvgIpc) is 2.87. The number of rotatable bonds is 6. The van der Waals surface area contributed by atoms with Gasteiger partial charge in [0.15, 0.2) is 11.5 Å². The minimum atomic E-state index is -0.643. The highest BCUT2D eigenvalue weighted by Crippen LogP contribution is 2.41. The maximum absolute atomic E-state index is 14.6. The van der Waals surface area contributed by atoms with Crippen molar-refractivity contribution >= 4 is 5.95 Å². The van der Waals surface area contributed by atoms with Gasteiger partial charge < -0.3 is 24.8 Å². The number of aromatic hydroxyl groups is 1. The number of aromatic nitrogens is 2. The molecule has 2 heterocycles. The van der Waals surface area contributed by atoms with Crippen LogP contribution >= 0.6 is 0 Å². The minimum absolute atomic E-state index is 0.0541. The first-order valence-electron chi connectivity index (χ1n) is 10.9. The van der Waals surface area contributed by atoms with Crippen LogP contribution in [-0.2, 0) is 0 Å². The number of nitriles is 1. The van der Waals surface area contributed by atoms with E-state index in [0.29, 0.717) is 46.0 Å². The molecule has 1 aromatic heterocycles. The summed E-state index contributed by atoms with van der Waals surface area (Å²) in [6, 6.07) is 11.4. The molecule has 4 rings (SSSR count). The summed E-state index contributed by atoms with van der Waals surface area (Å²) in [5, 5.41) is 22.8. The van der Waals surface area contributed by atoms with Crippen molar-refractivity contribution < 1.29 is 19.0 Å². The first kappa shape index (κ1) is 23.3. The van der Waals surface area contributed by atoms with Gasteiger partial charge in [-0.25, -0.2) is 9.37 Å². The Kier molecular flexibility index (Phi) is 6.80. The van der Waals surface area contributed by atoms with E-state index in [0.717, 1.165) is 25.9 Å². The third kappa shape index (κ3) is 4.45. The van der Waals surface area contributed by atoms with E-state index in [1.807, 2.05) is 13.1 Å². The van der Waals surface area contributed by atoms with Gasteiger partial charge in [-0.05, 0) is 49.7 Å². The maximum Gasteiger partial charge on any atom is 0.229 e. The summed E-state index contributed by atoms with van der Waals surface area (Å²) in [5.41, 5.74) is 1.91. The van der Waals surface area contributed by atoms with Crippen LogP contribution in [0.3, 0.4) is 0 Å². The van der Waals surface area contributed by atoms with Crippen LogP contribution in [0.4, 0.5) is 10.3 Å². The molecule has 3 aromatic rings. The van der Waals surface area contributed by atoms with Gasteiger partial charge in [0, 0.05) is 24.7 Å². The molecule has 0 radical (unpaired) electrons. The van der Waals surface area contributed by atoms with E-state index in [1.165, 1.54) is 32.4 Å². The lowest BCUT2D eigenvalue weighted by molar-refractivity contribution is 0.373. The summed E-state index contributed by atoms with van der Waals surface area (Å²) in [6.07, 6.45) is 2.03. The zero-order chi connectivity index (χ0) is 24.2. The fourth-order valence-corrected chi connectivity index (χ4v) is 4.18. The summed E-state index contributed by atoms with van der Waals surface area (Å²) in [7, 11) is 4.91. The normalized spacial score (nSPS) is 15.6. The second-order valence-electron chi connectivity index (χ2n) is 8.02. The number of piperidine rings is 1. The summed E-state index contributed by atoms with van der Waals surface area (Å²) in [4.78, 5) is 11.6. The molecule has 176 valence electrons. The number of phenols is 1. The first-order valence-corrected chi connectivity index (χ1v) is 10.9. The Morgan fingerprint density at radius 3 is 2.59 bits per heavy atom. The highest BCUT2D eigenvalue weighted by Gasteiger charge is 2.26. The number of methoxy groups -OCH3 is 2. The third-order valence-corrected chi connectivity index (χ3v) is 6.00. The molecular weight excluding hydrogens is 437 g/mol. The van der Waals surface area contributed by atoms with Gasteiger partial charge >= 0.3 is 0 Å². The molecule has 0 bridgehead atoms. The number of hydrogen-bond donors (Lipinski definition) is 2. The molecular formula is C25H26FN5O3. The Labute approximate surface area is 197 Å². The van der Waals surface area contributed by atoms with E-state index in [4.69, 9.17) is 19.7 Å². The highest BCUT2D eigenvalue weighted by molar-refractivity contribution is 5.86. The number of anilines is 1. The lowest BCUT2D eigenvalue weighted by Crippen LogP contribution is -2.45. The zero-order valence-corrected chi connectivity index (χ0v) is 19.3. The van der Waals surface area contributed by atoms with Crippen LogP contribution in [-0.4, -0.2) is 55.5 Å². The fraction of sp³-hybridized carbons (Fsp3) is 0.320. The van der Waals surface area contributed by atoms with Crippen molar-refractivity contribution in [2.24, 2.45) is 0 Å². The van der Waals surface area contributed by atoms with Gasteiger partial charge in [-0.3, -0.25) is 0 Å². The van der Waals surface area contributed by atoms with E-state index in [9.17, 15) is 9.50 Å². The van der Waals surface area contributed by atoms with Crippen molar-refractivity contribution in [2.75, 3.05) is 39.3 Å². The van der Waals surface area contributed by atoms with Crippen molar-refractivity contribution in [3.8, 4) is 45.8 Å². The molecule has 2 aromatic carbocycles. The molecule has 2 N–H and O–H groups in total. The van der Waals surface area contributed by atoms with Gasteiger partial charge in [0.05, 0.1) is 31.0 Å². The van der Waals surface area contributed by atoms with E-state index < -0.39 is 5.82 Å². The first-order chi connectivity index (χ1) is 16.5. The molecule has 34 heavy (non-hydrogen) atoms. The van der Waals surface area contributed by atoms with Crippen LogP contribution in [0.1, 0.15) is 18.4 Å². The molecule has 1 fully saturated rings. The van der Waals surface area contributed by atoms with E-state index in [1.54, 1.807) is 18.2 Å². The number of likely N-dealkylation sites (N-methyl/N-ethyl adjacent to an activating group) is 1. The third-order valence-electron chi connectivity index (χ3n) is 6.00. The van der Waals surface area contributed by atoms with Gasteiger partial charge in [-0.2, -0.15) is 10.2 Å². The quantitative estimate of drug-likeness (QED) is 0.570. The van der Waals surface area contributed by atoms with Crippen molar-refractivity contribution in [3.05, 3.63) is 47.8 Å². The molecule has 1 atom stereocenters. The molecule has 1 unspecified atom stereocenters. The maximum atomic E-state index is 14.6. The largest absolute Gasteiger partial charge is 0.504 e. The number of halogens is 1. The molecule has 1 saturated heterocycles. The molecule has 1 aliphatic heterocycles. The van der Waals surface area contributed by atoms with Gasteiger partial charge in [0.25, 0.3) is 0 Å². The van der Waals surface area contributed by atoms with Crippen molar-refractivity contribution in [3.63, 3.8) is 0 Å². The number of ether oxygens (including phenoxy) is 2. The van der Waals surface area contributed by atoms with Crippen LogP contribution < -0.4 is 19.7 Å². The molecule has 0 amide bonds. The zero-order valence-electron chi connectivity index (χ0n) is 19.3. The molecule has 8 nitrogen and oxygen atoms in total. The van der Waals surface area contributed by atoms with Crippen molar-refractivity contribution in [1.29, 1.82) is 5.26 Å². The molecule has 9 heteroatoms. The van der Waals surface area contributed by atoms with Crippen LogP contribution in [0.5, 0.6) is 17.4 Å². The molecule has 0 aliphatic carbocycles. The van der Waals surface area contributed by atoms with Crippen LogP contribution in [0.15, 0.2) is 36.4 Å². The second kappa shape index (κ2) is 9.93. The molecule has 0 saturated carbocycles. The Morgan fingerprint density at radius 2 is 1.94 bits per heavy atom.